The molecule has 1 N–H and O–H groups in total. The zero-order valence-corrected chi connectivity index (χ0v) is 10.6. The van der Waals surface area contributed by atoms with Gasteiger partial charge in [0.15, 0.2) is 0 Å². The SMILES string of the molecule is CC(C)(C)OC(=O)N1CC[C@@H](OOCCO)C1. The summed E-state index contributed by atoms with van der Waals surface area (Å²) in [5.74, 6) is 0. The number of nitrogens with zero attached hydrogens (tertiary/aromatic N) is 1. The number of aliphatic hydroxyl groups excluding tert-OH is 1. The molecule has 6 heteroatoms. The number of ether oxygens (including phenoxy) is 1. The van der Waals surface area contributed by atoms with Gasteiger partial charge in [-0.1, -0.05) is 0 Å². The molecular formula is C11H21NO5. The smallest absolute Gasteiger partial charge is 0.410 e. The van der Waals surface area contributed by atoms with E-state index < -0.39 is 5.60 Å². The van der Waals surface area contributed by atoms with Gasteiger partial charge in [0.05, 0.1) is 13.2 Å². The number of carbonyl (C=O) groups excluding carboxylic acids is 1. The third-order valence-corrected chi connectivity index (χ3v) is 2.18. The van der Waals surface area contributed by atoms with Gasteiger partial charge in [-0.2, -0.15) is 0 Å². The molecule has 1 atom stereocenters. The van der Waals surface area contributed by atoms with E-state index in [0.717, 1.165) is 0 Å². The van der Waals surface area contributed by atoms with Crippen molar-refractivity contribution in [1.82, 2.24) is 4.90 Å². The minimum atomic E-state index is -0.483. The van der Waals surface area contributed by atoms with Crippen LogP contribution in [0.4, 0.5) is 4.79 Å². The van der Waals surface area contributed by atoms with Gasteiger partial charge in [-0.25, -0.2) is 14.6 Å². The quantitative estimate of drug-likeness (QED) is 0.455. The molecule has 1 rings (SSSR count). The van der Waals surface area contributed by atoms with Crippen molar-refractivity contribution >= 4 is 6.09 Å². The van der Waals surface area contributed by atoms with Crippen molar-refractivity contribution in [3.05, 3.63) is 0 Å². The molecule has 1 fully saturated rings. The maximum atomic E-state index is 11.7. The van der Waals surface area contributed by atoms with E-state index in [1.165, 1.54) is 0 Å². The van der Waals surface area contributed by atoms with E-state index in [0.29, 0.717) is 19.5 Å². The van der Waals surface area contributed by atoms with Gasteiger partial charge in [-0.3, -0.25) is 0 Å². The monoisotopic (exact) mass is 247 g/mol. The summed E-state index contributed by atoms with van der Waals surface area (Å²) in [6.07, 6.45) is 0.241. The lowest BCUT2D eigenvalue weighted by Gasteiger charge is -2.24. The molecule has 0 aromatic carbocycles. The lowest BCUT2D eigenvalue weighted by molar-refractivity contribution is -0.323. The first-order valence-electron chi connectivity index (χ1n) is 5.79. The van der Waals surface area contributed by atoms with E-state index in [9.17, 15) is 4.79 Å². The molecule has 1 heterocycles. The van der Waals surface area contributed by atoms with Crippen LogP contribution >= 0.6 is 0 Å². The Morgan fingerprint density at radius 3 is 2.76 bits per heavy atom. The van der Waals surface area contributed by atoms with E-state index in [1.807, 2.05) is 20.8 Å². The molecule has 6 nitrogen and oxygen atoms in total. The molecule has 0 saturated carbocycles. The summed E-state index contributed by atoms with van der Waals surface area (Å²) in [4.78, 5) is 23.1. The fourth-order valence-corrected chi connectivity index (χ4v) is 1.48. The van der Waals surface area contributed by atoms with Crippen molar-refractivity contribution < 1.29 is 24.4 Å². The topological polar surface area (TPSA) is 68.2 Å². The highest BCUT2D eigenvalue weighted by Crippen LogP contribution is 2.17. The minimum absolute atomic E-state index is 0.0809. The normalized spacial score (nSPS) is 20.7. The average Bonchev–Trinajstić information content (AvgIpc) is 2.64. The summed E-state index contributed by atoms with van der Waals surface area (Å²) in [6.45, 7) is 6.62. The molecule has 0 spiro atoms. The summed E-state index contributed by atoms with van der Waals surface area (Å²) in [6, 6.07) is 0. The lowest BCUT2D eigenvalue weighted by Crippen LogP contribution is -2.36. The summed E-state index contributed by atoms with van der Waals surface area (Å²) in [5.41, 5.74) is -0.483. The van der Waals surface area contributed by atoms with Crippen LogP contribution < -0.4 is 0 Å². The fourth-order valence-electron chi connectivity index (χ4n) is 1.48. The third-order valence-electron chi connectivity index (χ3n) is 2.18. The second kappa shape index (κ2) is 6.18. The minimum Gasteiger partial charge on any atom is -0.444 e. The fraction of sp³-hybridized carbons (Fsp3) is 0.909. The molecule has 0 radical (unpaired) electrons. The Bertz CT molecular complexity index is 251. The maximum Gasteiger partial charge on any atom is 0.410 e. The molecule has 0 aliphatic carbocycles. The molecule has 1 amide bonds. The van der Waals surface area contributed by atoms with Crippen molar-refractivity contribution in [3.63, 3.8) is 0 Å². The zero-order chi connectivity index (χ0) is 12.9. The first-order chi connectivity index (χ1) is 7.92. The summed E-state index contributed by atoms with van der Waals surface area (Å²) >= 11 is 0. The number of aliphatic hydroxyl groups is 1. The van der Waals surface area contributed by atoms with E-state index in [1.54, 1.807) is 4.90 Å². The van der Waals surface area contributed by atoms with Crippen LogP contribution in [-0.2, 0) is 14.5 Å². The van der Waals surface area contributed by atoms with E-state index >= 15 is 0 Å². The predicted octanol–water partition coefficient (Wildman–Crippen LogP) is 0.936. The van der Waals surface area contributed by atoms with Crippen LogP contribution in [0.3, 0.4) is 0 Å². The number of likely N-dealkylation sites (tertiary alicyclic amines) is 1. The molecule has 0 aromatic rings. The van der Waals surface area contributed by atoms with Crippen molar-refractivity contribution in [2.45, 2.75) is 38.9 Å². The maximum absolute atomic E-state index is 11.7. The van der Waals surface area contributed by atoms with Gasteiger partial charge < -0.3 is 14.7 Å². The Kier molecular flexibility index (Phi) is 5.17. The molecule has 1 aliphatic rings. The van der Waals surface area contributed by atoms with Crippen LogP contribution in [0, 0.1) is 0 Å². The van der Waals surface area contributed by atoms with E-state index in [2.05, 4.69) is 0 Å². The van der Waals surface area contributed by atoms with Crippen LogP contribution in [0.2, 0.25) is 0 Å². The van der Waals surface area contributed by atoms with Crippen molar-refractivity contribution in [3.8, 4) is 0 Å². The number of amides is 1. The summed E-state index contributed by atoms with van der Waals surface area (Å²) in [5, 5.41) is 8.52. The second-order valence-electron chi connectivity index (χ2n) is 4.98. The number of hydrogen-bond acceptors (Lipinski definition) is 5. The van der Waals surface area contributed by atoms with Gasteiger partial charge >= 0.3 is 6.09 Å². The van der Waals surface area contributed by atoms with Crippen molar-refractivity contribution in [2.24, 2.45) is 0 Å². The molecule has 1 saturated heterocycles. The van der Waals surface area contributed by atoms with E-state index in [4.69, 9.17) is 19.6 Å². The van der Waals surface area contributed by atoms with Crippen molar-refractivity contribution in [1.29, 1.82) is 0 Å². The molecular weight excluding hydrogens is 226 g/mol. The Morgan fingerprint density at radius 2 is 2.18 bits per heavy atom. The predicted molar refractivity (Wildman–Crippen MR) is 60.3 cm³/mol. The molecule has 0 bridgehead atoms. The van der Waals surface area contributed by atoms with Gasteiger partial charge in [0.25, 0.3) is 0 Å². The molecule has 0 aromatic heterocycles. The third kappa shape index (κ3) is 5.34. The Balaban J connectivity index is 2.27. The highest BCUT2D eigenvalue weighted by Gasteiger charge is 2.30. The largest absolute Gasteiger partial charge is 0.444 e. The standard InChI is InChI=1S/C11H21NO5/c1-11(2,3)16-10(14)12-5-4-9(8-12)17-15-7-6-13/h9,13H,4-8H2,1-3H3/t9-/m1/s1. The van der Waals surface area contributed by atoms with Gasteiger partial charge in [0.1, 0.15) is 18.3 Å². The zero-order valence-electron chi connectivity index (χ0n) is 10.6. The highest BCUT2D eigenvalue weighted by molar-refractivity contribution is 5.68. The Hall–Kier alpha value is -0.850. The van der Waals surface area contributed by atoms with Crippen LogP contribution in [-0.4, -0.2) is 54.1 Å². The first-order valence-corrected chi connectivity index (χ1v) is 5.79. The molecule has 0 unspecified atom stereocenters. The van der Waals surface area contributed by atoms with Crippen LogP contribution in [0.1, 0.15) is 27.2 Å². The second-order valence-corrected chi connectivity index (χ2v) is 4.98. The Labute approximate surface area is 101 Å². The number of rotatable bonds is 4. The van der Waals surface area contributed by atoms with Gasteiger partial charge in [-0.15, -0.1) is 0 Å². The lowest BCUT2D eigenvalue weighted by atomic mass is 10.2. The van der Waals surface area contributed by atoms with Gasteiger partial charge in [-0.05, 0) is 27.2 Å². The highest BCUT2D eigenvalue weighted by atomic mass is 17.2. The molecule has 1 aliphatic heterocycles. The Morgan fingerprint density at radius 1 is 1.47 bits per heavy atom. The average molecular weight is 247 g/mol. The number of carbonyl (C=O) groups is 1. The number of hydrogen-bond donors (Lipinski definition) is 1. The summed E-state index contributed by atoms with van der Waals surface area (Å²) in [7, 11) is 0. The van der Waals surface area contributed by atoms with Crippen LogP contribution in [0.15, 0.2) is 0 Å². The van der Waals surface area contributed by atoms with Crippen LogP contribution in [0.5, 0.6) is 0 Å². The van der Waals surface area contributed by atoms with Gasteiger partial charge in [0, 0.05) is 6.54 Å². The first kappa shape index (κ1) is 14.2. The molecule has 17 heavy (non-hydrogen) atoms. The van der Waals surface area contributed by atoms with Crippen LogP contribution in [0.25, 0.3) is 0 Å². The molecule has 100 valence electrons. The van der Waals surface area contributed by atoms with Crippen molar-refractivity contribution in [2.75, 3.05) is 26.3 Å². The van der Waals surface area contributed by atoms with E-state index in [-0.39, 0.29) is 25.4 Å². The van der Waals surface area contributed by atoms with Gasteiger partial charge in [0.2, 0.25) is 0 Å². The summed E-state index contributed by atoms with van der Waals surface area (Å²) < 4.78 is 5.25.